The summed E-state index contributed by atoms with van der Waals surface area (Å²) in [5.41, 5.74) is 5.62. The third kappa shape index (κ3) is 7.70. The Kier molecular flexibility index (Phi) is 9.08. The maximum Gasteiger partial charge on any atom is 0.222 e. The maximum absolute atomic E-state index is 12.0. The average molecular weight is 256 g/mol. The molecule has 0 radical (unpaired) electrons. The molecule has 0 saturated carbocycles. The molecule has 108 valence electrons. The Labute approximate surface area is 113 Å². The van der Waals surface area contributed by atoms with E-state index in [-0.39, 0.29) is 5.91 Å². The second-order valence-corrected chi connectivity index (χ2v) is 6.12. The summed E-state index contributed by atoms with van der Waals surface area (Å²) in [5.74, 6) is 2.12. The summed E-state index contributed by atoms with van der Waals surface area (Å²) in [6.07, 6.45) is 3.75. The van der Waals surface area contributed by atoms with Gasteiger partial charge in [-0.3, -0.25) is 4.79 Å². The fourth-order valence-electron chi connectivity index (χ4n) is 2.10. The minimum Gasteiger partial charge on any atom is -0.346 e. The third-order valence-corrected chi connectivity index (χ3v) is 3.68. The molecule has 0 aliphatic rings. The van der Waals surface area contributed by atoms with Crippen molar-refractivity contribution in [3.63, 3.8) is 0 Å². The lowest BCUT2D eigenvalue weighted by molar-refractivity contribution is -0.130. The zero-order valence-corrected chi connectivity index (χ0v) is 12.9. The van der Waals surface area contributed by atoms with Gasteiger partial charge in [-0.25, -0.2) is 0 Å². The number of amides is 1. The van der Waals surface area contributed by atoms with Gasteiger partial charge >= 0.3 is 0 Å². The topological polar surface area (TPSA) is 46.3 Å². The van der Waals surface area contributed by atoms with E-state index in [0.29, 0.717) is 24.2 Å². The molecule has 0 saturated heterocycles. The van der Waals surface area contributed by atoms with Crippen molar-refractivity contribution in [1.82, 2.24) is 4.90 Å². The molecule has 18 heavy (non-hydrogen) atoms. The van der Waals surface area contributed by atoms with E-state index in [9.17, 15) is 4.79 Å². The van der Waals surface area contributed by atoms with Crippen LogP contribution in [0.25, 0.3) is 0 Å². The Morgan fingerprint density at radius 3 is 2.17 bits per heavy atom. The van der Waals surface area contributed by atoms with Gasteiger partial charge in [-0.05, 0) is 43.6 Å². The Hall–Kier alpha value is -0.570. The third-order valence-electron chi connectivity index (χ3n) is 3.68. The van der Waals surface area contributed by atoms with Gasteiger partial charge in [0, 0.05) is 20.0 Å². The number of carbonyl (C=O) groups is 1. The number of nitrogens with zero attached hydrogens (tertiary/aromatic N) is 1. The zero-order valence-electron chi connectivity index (χ0n) is 12.9. The molecule has 1 amide bonds. The van der Waals surface area contributed by atoms with Gasteiger partial charge in [0.25, 0.3) is 0 Å². The summed E-state index contributed by atoms with van der Waals surface area (Å²) >= 11 is 0. The molecule has 0 bridgehead atoms. The molecule has 0 aromatic heterocycles. The lowest BCUT2D eigenvalue weighted by Crippen LogP contribution is -2.29. The molecule has 0 aliphatic heterocycles. The first-order valence-corrected chi connectivity index (χ1v) is 7.32. The molecule has 0 aromatic rings. The Bertz CT molecular complexity index is 227. The maximum atomic E-state index is 12.0. The first-order valence-electron chi connectivity index (χ1n) is 7.32. The van der Waals surface area contributed by atoms with E-state index in [0.717, 1.165) is 32.4 Å². The van der Waals surface area contributed by atoms with Crippen molar-refractivity contribution in [1.29, 1.82) is 0 Å². The van der Waals surface area contributed by atoms with E-state index in [2.05, 4.69) is 27.7 Å². The summed E-state index contributed by atoms with van der Waals surface area (Å²) < 4.78 is 0. The standard InChI is InChI=1S/C15H32N2O/c1-12(2)9-11-17(5)15(18)7-6-14(8-10-16)13(3)4/h12-14H,6-11,16H2,1-5H3. The van der Waals surface area contributed by atoms with E-state index in [4.69, 9.17) is 5.73 Å². The van der Waals surface area contributed by atoms with Crippen LogP contribution in [0, 0.1) is 17.8 Å². The summed E-state index contributed by atoms with van der Waals surface area (Å²) in [6.45, 7) is 10.4. The van der Waals surface area contributed by atoms with Crippen molar-refractivity contribution in [3.05, 3.63) is 0 Å². The van der Waals surface area contributed by atoms with Crippen molar-refractivity contribution >= 4 is 5.91 Å². The Morgan fingerprint density at radius 1 is 1.11 bits per heavy atom. The van der Waals surface area contributed by atoms with Crippen LogP contribution >= 0.6 is 0 Å². The highest BCUT2D eigenvalue weighted by molar-refractivity contribution is 5.75. The van der Waals surface area contributed by atoms with Crippen LogP contribution < -0.4 is 5.73 Å². The van der Waals surface area contributed by atoms with Crippen LogP contribution in [0.5, 0.6) is 0 Å². The molecule has 1 unspecified atom stereocenters. The van der Waals surface area contributed by atoms with Crippen molar-refractivity contribution in [2.45, 2.75) is 53.4 Å². The SMILES string of the molecule is CC(C)CCN(C)C(=O)CCC(CCN)C(C)C. The lowest BCUT2D eigenvalue weighted by Gasteiger charge is -2.22. The monoisotopic (exact) mass is 256 g/mol. The molecule has 2 N–H and O–H groups in total. The van der Waals surface area contributed by atoms with Crippen LogP contribution in [0.15, 0.2) is 0 Å². The van der Waals surface area contributed by atoms with Gasteiger partial charge in [-0.15, -0.1) is 0 Å². The van der Waals surface area contributed by atoms with Gasteiger partial charge in [0.15, 0.2) is 0 Å². The highest BCUT2D eigenvalue weighted by Gasteiger charge is 2.16. The molecule has 1 atom stereocenters. The first-order chi connectivity index (χ1) is 8.38. The van der Waals surface area contributed by atoms with E-state index in [1.165, 1.54) is 0 Å². The van der Waals surface area contributed by atoms with Crippen LogP contribution in [0.1, 0.15) is 53.4 Å². The van der Waals surface area contributed by atoms with Crippen LogP contribution in [0.2, 0.25) is 0 Å². The Morgan fingerprint density at radius 2 is 1.72 bits per heavy atom. The molecule has 0 spiro atoms. The fourth-order valence-corrected chi connectivity index (χ4v) is 2.10. The predicted molar refractivity (Wildman–Crippen MR) is 78.3 cm³/mol. The van der Waals surface area contributed by atoms with Crippen molar-refractivity contribution < 1.29 is 4.79 Å². The molecule has 0 rings (SSSR count). The average Bonchev–Trinajstić information content (AvgIpc) is 2.30. The molecule has 3 nitrogen and oxygen atoms in total. The minimum absolute atomic E-state index is 0.276. The molecule has 3 heteroatoms. The lowest BCUT2D eigenvalue weighted by atomic mass is 9.88. The number of rotatable bonds is 9. The molecule has 0 aliphatic carbocycles. The second-order valence-electron chi connectivity index (χ2n) is 6.12. The van der Waals surface area contributed by atoms with Crippen LogP contribution in [0.3, 0.4) is 0 Å². The normalized spacial score (nSPS) is 13.1. The van der Waals surface area contributed by atoms with Crippen molar-refractivity contribution in [3.8, 4) is 0 Å². The van der Waals surface area contributed by atoms with Gasteiger partial charge in [0.2, 0.25) is 5.91 Å². The number of hydrogen-bond acceptors (Lipinski definition) is 2. The number of carbonyl (C=O) groups excluding carboxylic acids is 1. The first kappa shape index (κ1) is 17.4. The van der Waals surface area contributed by atoms with E-state index < -0.39 is 0 Å². The molecule has 0 heterocycles. The number of nitrogens with two attached hydrogens (primary N) is 1. The van der Waals surface area contributed by atoms with Crippen LogP contribution in [-0.2, 0) is 4.79 Å². The van der Waals surface area contributed by atoms with Crippen molar-refractivity contribution in [2.24, 2.45) is 23.5 Å². The summed E-state index contributed by atoms with van der Waals surface area (Å²) in [6, 6.07) is 0. The van der Waals surface area contributed by atoms with Crippen LogP contribution in [0.4, 0.5) is 0 Å². The molecular formula is C15H32N2O. The highest BCUT2D eigenvalue weighted by atomic mass is 16.2. The minimum atomic E-state index is 0.276. The summed E-state index contributed by atoms with van der Waals surface area (Å²) in [7, 11) is 1.91. The van der Waals surface area contributed by atoms with Gasteiger partial charge in [0.1, 0.15) is 0 Å². The predicted octanol–water partition coefficient (Wildman–Crippen LogP) is 2.89. The quantitative estimate of drug-likeness (QED) is 0.689. The van der Waals surface area contributed by atoms with Gasteiger partial charge in [-0.2, -0.15) is 0 Å². The summed E-state index contributed by atoms with van der Waals surface area (Å²) in [4.78, 5) is 13.9. The van der Waals surface area contributed by atoms with Crippen molar-refractivity contribution in [2.75, 3.05) is 20.1 Å². The highest BCUT2D eigenvalue weighted by Crippen LogP contribution is 2.20. The van der Waals surface area contributed by atoms with E-state index in [1.54, 1.807) is 0 Å². The van der Waals surface area contributed by atoms with Crippen LogP contribution in [-0.4, -0.2) is 30.9 Å². The number of hydrogen-bond donors (Lipinski definition) is 1. The van der Waals surface area contributed by atoms with E-state index in [1.807, 2.05) is 11.9 Å². The van der Waals surface area contributed by atoms with Gasteiger partial charge in [0.05, 0.1) is 0 Å². The molecule has 0 aromatic carbocycles. The smallest absolute Gasteiger partial charge is 0.222 e. The molecular weight excluding hydrogens is 224 g/mol. The summed E-state index contributed by atoms with van der Waals surface area (Å²) in [5, 5.41) is 0. The molecule has 0 fully saturated rings. The second kappa shape index (κ2) is 9.37. The van der Waals surface area contributed by atoms with Gasteiger partial charge in [-0.1, -0.05) is 27.7 Å². The largest absolute Gasteiger partial charge is 0.346 e. The zero-order chi connectivity index (χ0) is 14.1. The Balaban J connectivity index is 3.98. The fraction of sp³-hybridized carbons (Fsp3) is 0.933. The van der Waals surface area contributed by atoms with E-state index >= 15 is 0 Å². The van der Waals surface area contributed by atoms with Gasteiger partial charge < -0.3 is 10.6 Å².